The van der Waals surface area contributed by atoms with Gasteiger partial charge in [-0.05, 0) is 41.4 Å². The molecule has 1 aliphatic rings. The van der Waals surface area contributed by atoms with Crippen molar-refractivity contribution in [3.05, 3.63) is 21.1 Å². The van der Waals surface area contributed by atoms with Crippen molar-refractivity contribution in [1.29, 1.82) is 0 Å². The minimum absolute atomic E-state index is 0.123. The van der Waals surface area contributed by atoms with Crippen molar-refractivity contribution in [1.82, 2.24) is 4.31 Å². The number of rotatable bonds is 3. The minimum atomic E-state index is -3.67. The molecule has 0 saturated carbocycles. The average Bonchev–Trinajstić information content (AvgIpc) is 2.37. The summed E-state index contributed by atoms with van der Waals surface area (Å²) in [5.41, 5.74) is 6.17. The molecule has 0 aliphatic carbocycles. The van der Waals surface area contributed by atoms with Crippen LogP contribution in [-0.2, 0) is 14.8 Å². The summed E-state index contributed by atoms with van der Waals surface area (Å²) in [6.45, 7) is 4.56. The van der Waals surface area contributed by atoms with E-state index in [0.29, 0.717) is 24.0 Å². The summed E-state index contributed by atoms with van der Waals surface area (Å²) in [7, 11) is -3.67. The van der Waals surface area contributed by atoms with Crippen molar-refractivity contribution in [3.8, 4) is 0 Å². The van der Waals surface area contributed by atoms with Crippen LogP contribution in [0.4, 0.5) is 5.69 Å². The lowest BCUT2D eigenvalue weighted by atomic mass is 10.2. The van der Waals surface area contributed by atoms with Gasteiger partial charge in [0.25, 0.3) is 0 Å². The normalized spacial score (nSPS) is 24.2. The van der Waals surface area contributed by atoms with E-state index >= 15 is 0 Å². The Labute approximate surface area is 142 Å². The van der Waals surface area contributed by atoms with Crippen LogP contribution in [0, 0.1) is 0 Å². The largest absolute Gasteiger partial charge is 0.398 e. The van der Waals surface area contributed by atoms with E-state index in [1.165, 1.54) is 4.31 Å². The van der Waals surface area contributed by atoms with Gasteiger partial charge in [0.2, 0.25) is 10.0 Å². The summed E-state index contributed by atoms with van der Waals surface area (Å²) >= 11 is 6.62. The number of sulfonamides is 1. The smallest absolute Gasteiger partial charge is 0.246 e. The zero-order chi connectivity index (χ0) is 15.8. The van der Waals surface area contributed by atoms with Gasteiger partial charge in [0.05, 0.1) is 18.4 Å². The molecule has 1 heterocycles. The summed E-state index contributed by atoms with van der Waals surface area (Å²) in [6, 6.07) is 3.12. The number of nitrogen functional groups attached to an aromatic ring is 1. The predicted molar refractivity (Wildman–Crippen MR) is 89.6 cm³/mol. The fraction of sp³-hybridized carbons (Fsp3) is 0.538. The standard InChI is InChI=1S/C13H18Br2N2O3S/c1-3-10-7-20-8(2)6-17(10)21(18,19)13-11(15)4-9(14)5-12(13)16/h4-5,8,10H,3,6-7,16H2,1-2H3. The number of nitrogens with zero attached hydrogens (tertiary/aromatic N) is 1. The Morgan fingerprint density at radius 2 is 2.10 bits per heavy atom. The number of halogens is 2. The number of anilines is 1. The van der Waals surface area contributed by atoms with Gasteiger partial charge in [-0.1, -0.05) is 22.9 Å². The van der Waals surface area contributed by atoms with E-state index in [4.69, 9.17) is 10.5 Å². The lowest BCUT2D eigenvalue weighted by Crippen LogP contribution is -2.51. The first kappa shape index (κ1) is 17.2. The monoisotopic (exact) mass is 440 g/mol. The highest BCUT2D eigenvalue weighted by atomic mass is 79.9. The van der Waals surface area contributed by atoms with Crippen LogP contribution in [0.1, 0.15) is 20.3 Å². The van der Waals surface area contributed by atoms with Crippen LogP contribution in [0.2, 0.25) is 0 Å². The quantitative estimate of drug-likeness (QED) is 0.731. The maximum Gasteiger partial charge on any atom is 0.246 e. The van der Waals surface area contributed by atoms with Gasteiger partial charge in [-0.25, -0.2) is 8.42 Å². The molecule has 1 aromatic rings. The Morgan fingerprint density at radius 1 is 1.43 bits per heavy atom. The molecule has 1 fully saturated rings. The minimum Gasteiger partial charge on any atom is -0.398 e. The van der Waals surface area contributed by atoms with Crippen LogP contribution < -0.4 is 5.73 Å². The molecule has 0 amide bonds. The molecular formula is C13H18Br2N2O3S. The molecular weight excluding hydrogens is 424 g/mol. The second-order valence-electron chi connectivity index (χ2n) is 5.09. The number of nitrogens with two attached hydrogens (primary N) is 1. The maximum absolute atomic E-state index is 13.0. The highest BCUT2D eigenvalue weighted by molar-refractivity contribution is 9.11. The zero-order valence-corrected chi connectivity index (χ0v) is 15.8. The molecule has 118 valence electrons. The number of morpholine rings is 1. The van der Waals surface area contributed by atoms with Gasteiger partial charge >= 0.3 is 0 Å². The van der Waals surface area contributed by atoms with Gasteiger partial charge in [0.15, 0.2) is 0 Å². The summed E-state index contributed by atoms with van der Waals surface area (Å²) in [6.07, 6.45) is 0.568. The summed E-state index contributed by atoms with van der Waals surface area (Å²) in [4.78, 5) is 0.123. The third-order valence-corrected chi connectivity index (χ3v) is 6.87. The van der Waals surface area contributed by atoms with E-state index in [2.05, 4.69) is 31.9 Å². The molecule has 2 atom stereocenters. The highest BCUT2D eigenvalue weighted by Gasteiger charge is 2.37. The van der Waals surface area contributed by atoms with Crippen LogP contribution in [0.25, 0.3) is 0 Å². The first-order chi connectivity index (χ1) is 9.77. The van der Waals surface area contributed by atoms with Gasteiger partial charge in [-0.3, -0.25) is 0 Å². The fourth-order valence-corrected chi connectivity index (χ4v) is 6.18. The predicted octanol–water partition coefficient (Wildman–Crippen LogP) is 2.98. The van der Waals surface area contributed by atoms with E-state index in [1.807, 2.05) is 13.8 Å². The third-order valence-electron chi connectivity index (χ3n) is 3.49. The molecule has 0 spiro atoms. The van der Waals surface area contributed by atoms with Gasteiger partial charge in [-0.2, -0.15) is 4.31 Å². The molecule has 8 heteroatoms. The molecule has 2 N–H and O–H groups in total. The van der Waals surface area contributed by atoms with E-state index in [1.54, 1.807) is 12.1 Å². The fourth-order valence-electron chi connectivity index (χ4n) is 2.40. The van der Waals surface area contributed by atoms with Crippen LogP contribution in [0.15, 0.2) is 26.0 Å². The Hall–Kier alpha value is -0.150. The molecule has 0 aromatic heterocycles. The highest BCUT2D eigenvalue weighted by Crippen LogP contribution is 2.35. The molecule has 21 heavy (non-hydrogen) atoms. The molecule has 0 bridgehead atoms. The summed E-state index contributed by atoms with van der Waals surface area (Å²) in [5, 5.41) is 0. The molecule has 2 rings (SSSR count). The molecule has 0 radical (unpaired) electrons. The second kappa shape index (κ2) is 6.54. The first-order valence-electron chi connectivity index (χ1n) is 6.65. The van der Waals surface area contributed by atoms with Crippen LogP contribution in [0.3, 0.4) is 0 Å². The van der Waals surface area contributed by atoms with Crippen molar-refractivity contribution in [2.75, 3.05) is 18.9 Å². The number of hydrogen-bond donors (Lipinski definition) is 1. The van der Waals surface area contributed by atoms with E-state index in [9.17, 15) is 8.42 Å². The summed E-state index contributed by atoms with van der Waals surface area (Å²) in [5.74, 6) is 0. The second-order valence-corrected chi connectivity index (χ2v) is 8.68. The average molecular weight is 442 g/mol. The number of benzene rings is 1. The van der Waals surface area contributed by atoms with Crippen molar-refractivity contribution in [2.45, 2.75) is 37.3 Å². The van der Waals surface area contributed by atoms with Gasteiger partial charge in [0.1, 0.15) is 4.90 Å². The van der Waals surface area contributed by atoms with Crippen molar-refractivity contribution in [3.63, 3.8) is 0 Å². The molecule has 1 aromatic carbocycles. The topological polar surface area (TPSA) is 72.6 Å². The molecule has 5 nitrogen and oxygen atoms in total. The van der Waals surface area contributed by atoms with Crippen molar-refractivity contribution >= 4 is 47.6 Å². The van der Waals surface area contributed by atoms with Crippen molar-refractivity contribution < 1.29 is 13.2 Å². The van der Waals surface area contributed by atoms with Gasteiger partial charge < -0.3 is 10.5 Å². The maximum atomic E-state index is 13.0. The Balaban J connectivity index is 2.50. The first-order valence-corrected chi connectivity index (χ1v) is 9.68. The molecule has 1 aliphatic heterocycles. The number of hydrogen-bond acceptors (Lipinski definition) is 4. The lowest BCUT2D eigenvalue weighted by molar-refractivity contribution is -0.0230. The third kappa shape index (κ3) is 3.44. The van der Waals surface area contributed by atoms with Crippen LogP contribution in [0.5, 0.6) is 0 Å². The zero-order valence-electron chi connectivity index (χ0n) is 11.8. The van der Waals surface area contributed by atoms with Crippen LogP contribution in [-0.4, -0.2) is 38.0 Å². The van der Waals surface area contributed by atoms with Gasteiger partial charge in [0, 0.05) is 21.5 Å². The SMILES string of the molecule is CCC1COC(C)CN1S(=O)(=O)c1c(N)cc(Br)cc1Br. The molecule has 2 unspecified atom stereocenters. The van der Waals surface area contributed by atoms with E-state index in [0.717, 1.165) is 4.47 Å². The summed E-state index contributed by atoms with van der Waals surface area (Å²) < 4.78 is 34.3. The van der Waals surface area contributed by atoms with Crippen molar-refractivity contribution in [2.24, 2.45) is 0 Å². The van der Waals surface area contributed by atoms with E-state index in [-0.39, 0.29) is 22.7 Å². The van der Waals surface area contributed by atoms with Gasteiger partial charge in [-0.15, -0.1) is 0 Å². The molecule has 1 saturated heterocycles. The lowest BCUT2D eigenvalue weighted by Gasteiger charge is -2.37. The van der Waals surface area contributed by atoms with E-state index < -0.39 is 10.0 Å². The Bertz CT molecular complexity index is 613. The Morgan fingerprint density at radius 3 is 2.67 bits per heavy atom. The Kier molecular flexibility index (Phi) is 5.36. The number of ether oxygens (including phenoxy) is 1. The van der Waals surface area contributed by atoms with Crippen LogP contribution >= 0.6 is 31.9 Å².